The lowest BCUT2D eigenvalue weighted by Gasteiger charge is -2.09. The molecule has 0 aliphatic heterocycles. The third kappa shape index (κ3) is 4.02. The molecule has 0 fully saturated rings. The maximum atomic E-state index is 13.3. The zero-order valence-corrected chi connectivity index (χ0v) is 12.0. The average molecular weight is 288 g/mol. The molecule has 1 N–H and O–H groups in total. The Hall–Kier alpha value is -2.43. The molecule has 4 nitrogen and oxygen atoms in total. The van der Waals surface area contributed by atoms with E-state index in [1.165, 1.54) is 17.7 Å². The number of anilines is 1. The van der Waals surface area contributed by atoms with Crippen molar-refractivity contribution >= 4 is 11.4 Å². The summed E-state index contributed by atoms with van der Waals surface area (Å²) >= 11 is 0. The fraction of sp³-hybridized carbons (Fsp3) is 0.250. The maximum Gasteiger partial charge on any atom is 0.272 e. The van der Waals surface area contributed by atoms with Gasteiger partial charge in [0.1, 0.15) is 5.82 Å². The fourth-order valence-electron chi connectivity index (χ4n) is 2.03. The molecule has 0 saturated heterocycles. The van der Waals surface area contributed by atoms with Crippen molar-refractivity contribution < 1.29 is 9.31 Å². The van der Waals surface area contributed by atoms with Gasteiger partial charge in [0.2, 0.25) is 0 Å². The summed E-state index contributed by atoms with van der Waals surface area (Å²) in [6, 6.07) is 11.5. The first-order valence-corrected chi connectivity index (χ1v) is 6.73. The molecule has 0 aromatic heterocycles. The molecule has 0 radical (unpaired) electrons. The molecule has 0 atom stereocenters. The van der Waals surface area contributed by atoms with Gasteiger partial charge < -0.3 is 5.32 Å². The summed E-state index contributed by atoms with van der Waals surface area (Å²) in [4.78, 5) is 10.1. The summed E-state index contributed by atoms with van der Waals surface area (Å²) in [5.41, 5.74) is 2.44. The summed E-state index contributed by atoms with van der Waals surface area (Å²) in [7, 11) is 0. The number of nitro groups is 1. The molecule has 2 rings (SSSR count). The Labute approximate surface area is 122 Å². The Bertz CT molecular complexity index is 639. The van der Waals surface area contributed by atoms with E-state index in [0.29, 0.717) is 18.0 Å². The largest absolute Gasteiger partial charge is 0.381 e. The van der Waals surface area contributed by atoms with Gasteiger partial charge in [-0.2, -0.15) is 0 Å². The van der Waals surface area contributed by atoms with E-state index in [0.717, 1.165) is 11.8 Å². The van der Waals surface area contributed by atoms with Gasteiger partial charge in [-0.05, 0) is 35.2 Å². The van der Waals surface area contributed by atoms with Crippen LogP contribution >= 0.6 is 0 Å². The molecule has 110 valence electrons. The summed E-state index contributed by atoms with van der Waals surface area (Å²) < 4.78 is 13.3. The Morgan fingerprint density at radius 3 is 2.43 bits per heavy atom. The Balaban J connectivity index is 2.07. The second kappa shape index (κ2) is 6.35. The predicted molar refractivity (Wildman–Crippen MR) is 80.9 cm³/mol. The van der Waals surface area contributed by atoms with E-state index < -0.39 is 10.7 Å². The lowest BCUT2D eigenvalue weighted by Crippen LogP contribution is -2.01. The van der Waals surface area contributed by atoms with Crippen molar-refractivity contribution in [3.63, 3.8) is 0 Å². The molecule has 0 amide bonds. The van der Waals surface area contributed by atoms with Crippen LogP contribution in [0.4, 0.5) is 15.8 Å². The van der Waals surface area contributed by atoms with Gasteiger partial charge in [-0.1, -0.05) is 26.0 Å². The van der Waals surface area contributed by atoms with Crippen LogP contribution in [0.15, 0.2) is 42.5 Å². The first-order chi connectivity index (χ1) is 9.95. The van der Waals surface area contributed by atoms with Crippen LogP contribution in [-0.2, 0) is 6.54 Å². The number of non-ortho nitro benzene ring substituents is 1. The normalized spacial score (nSPS) is 10.7. The molecule has 2 aromatic carbocycles. The smallest absolute Gasteiger partial charge is 0.272 e. The first kappa shape index (κ1) is 15.0. The SMILES string of the molecule is CC(C)c1ccc(NCc2cc(F)cc([N+](=O)[O-])c2)cc1. The van der Waals surface area contributed by atoms with Crippen LogP contribution in [0.25, 0.3) is 0 Å². The number of rotatable bonds is 5. The molecule has 0 heterocycles. The molecular weight excluding hydrogens is 271 g/mol. The number of nitrogens with zero attached hydrogens (tertiary/aromatic N) is 1. The van der Waals surface area contributed by atoms with E-state index in [-0.39, 0.29) is 5.69 Å². The van der Waals surface area contributed by atoms with E-state index in [1.54, 1.807) is 0 Å². The van der Waals surface area contributed by atoms with E-state index in [4.69, 9.17) is 0 Å². The molecular formula is C16H17FN2O2. The maximum absolute atomic E-state index is 13.3. The standard InChI is InChI=1S/C16H17FN2O2/c1-11(2)13-3-5-15(6-4-13)18-10-12-7-14(17)9-16(8-12)19(20)21/h3-9,11,18H,10H2,1-2H3. The summed E-state index contributed by atoms with van der Waals surface area (Å²) in [6.07, 6.45) is 0. The molecule has 0 spiro atoms. The average Bonchev–Trinajstić information content (AvgIpc) is 2.45. The zero-order chi connectivity index (χ0) is 15.4. The quantitative estimate of drug-likeness (QED) is 0.652. The van der Waals surface area contributed by atoms with Gasteiger partial charge in [0, 0.05) is 18.3 Å². The number of hydrogen-bond donors (Lipinski definition) is 1. The topological polar surface area (TPSA) is 55.2 Å². The minimum Gasteiger partial charge on any atom is -0.381 e. The van der Waals surface area contributed by atoms with Gasteiger partial charge in [-0.25, -0.2) is 4.39 Å². The van der Waals surface area contributed by atoms with Crippen LogP contribution in [-0.4, -0.2) is 4.92 Å². The fourth-order valence-corrected chi connectivity index (χ4v) is 2.03. The third-order valence-corrected chi connectivity index (χ3v) is 3.23. The molecule has 0 saturated carbocycles. The highest BCUT2D eigenvalue weighted by Crippen LogP contribution is 2.19. The molecule has 0 bridgehead atoms. The highest BCUT2D eigenvalue weighted by Gasteiger charge is 2.09. The number of nitro benzene ring substituents is 1. The van der Waals surface area contributed by atoms with Crippen LogP contribution in [0.3, 0.4) is 0 Å². The summed E-state index contributed by atoms with van der Waals surface area (Å²) in [5.74, 6) is -0.138. The van der Waals surface area contributed by atoms with E-state index in [1.807, 2.05) is 24.3 Å². The summed E-state index contributed by atoms with van der Waals surface area (Å²) in [5, 5.41) is 13.8. The van der Waals surface area contributed by atoms with Crippen molar-refractivity contribution in [1.29, 1.82) is 0 Å². The minimum absolute atomic E-state index is 0.234. The van der Waals surface area contributed by atoms with Gasteiger partial charge in [0.05, 0.1) is 11.0 Å². The predicted octanol–water partition coefficient (Wildman–Crippen LogP) is 4.47. The summed E-state index contributed by atoms with van der Waals surface area (Å²) in [6.45, 7) is 4.57. The lowest BCUT2D eigenvalue weighted by atomic mass is 10.0. The number of hydrogen-bond acceptors (Lipinski definition) is 3. The van der Waals surface area contributed by atoms with Gasteiger partial charge in [0.15, 0.2) is 0 Å². The Morgan fingerprint density at radius 1 is 1.19 bits per heavy atom. The van der Waals surface area contributed by atoms with Crippen molar-refractivity contribution in [2.75, 3.05) is 5.32 Å². The van der Waals surface area contributed by atoms with Crippen molar-refractivity contribution in [2.45, 2.75) is 26.3 Å². The van der Waals surface area contributed by atoms with Crippen molar-refractivity contribution in [1.82, 2.24) is 0 Å². The second-order valence-corrected chi connectivity index (χ2v) is 5.21. The van der Waals surface area contributed by atoms with Gasteiger partial charge >= 0.3 is 0 Å². The number of nitrogens with one attached hydrogen (secondary N) is 1. The Kier molecular flexibility index (Phi) is 4.52. The van der Waals surface area contributed by atoms with Gasteiger partial charge in [-0.3, -0.25) is 10.1 Å². The second-order valence-electron chi connectivity index (χ2n) is 5.21. The van der Waals surface area contributed by atoms with Crippen LogP contribution in [0.1, 0.15) is 30.9 Å². The Morgan fingerprint density at radius 2 is 1.86 bits per heavy atom. The van der Waals surface area contributed by atoms with Crippen molar-refractivity contribution in [2.24, 2.45) is 0 Å². The molecule has 0 aliphatic rings. The lowest BCUT2D eigenvalue weighted by molar-refractivity contribution is -0.385. The number of halogens is 1. The number of benzene rings is 2. The van der Waals surface area contributed by atoms with Crippen molar-refractivity contribution in [3.8, 4) is 0 Å². The zero-order valence-electron chi connectivity index (χ0n) is 12.0. The van der Waals surface area contributed by atoms with Crippen LogP contribution < -0.4 is 5.32 Å². The van der Waals surface area contributed by atoms with Crippen LogP contribution in [0, 0.1) is 15.9 Å². The molecule has 0 aliphatic carbocycles. The molecule has 5 heteroatoms. The van der Waals surface area contributed by atoms with Crippen LogP contribution in [0.2, 0.25) is 0 Å². The van der Waals surface area contributed by atoms with Gasteiger partial charge in [0.25, 0.3) is 5.69 Å². The van der Waals surface area contributed by atoms with Crippen molar-refractivity contribution in [3.05, 3.63) is 69.5 Å². The molecule has 21 heavy (non-hydrogen) atoms. The molecule has 2 aromatic rings. The third-order valence-electron chi connectivity index (χ3n) is 3.23. The highest BCUT2D eigenvalue weighted by molar-refractivity contribution is 5.46. The van der Waals surface area contributed by atoms with Gasteiger partial charge in [-0.15, -0.1) is 0 Å². The molecule has 0 unspecified atom stereocenters. The van der Waals surface area contributed by atoms with Crippen LogP contribution in [0.5, 0.6) is 0 Å². The highest BCUT2D eigenvalue weighted by atomic mass is 19.1. The van der Waals surface area contributed by atoms with E-state index in [9.17, 15) is 14.5 Å². The monoisotopic (exact) mass is 288 g/mol. The van der Waals surface area contributed by atoms with E-state index >= 15 is 0 Å². The first-order valence-electron chi connectivity index (χ1n) is 6.73. The minimum atomic E-state index is -0.601. The van der Waals surface area contributed by atoms with E-state index in [2.05, 4.69) is 19.2 Å².